The summed E-state index contributed by atoms with van der Waals surface area (Å²) < 4.78 is 0. The zero-order chi connectivity index (χ0) is 16.0. The number of benzene rings is 1. The number of nitrogens with one attached hydrogen (secondary N) is 2. The third-order valence-electron chi connectivity index (χ3n) is 2.61. The summed E-state index contributed by atoms with van der Waals surface area (Å²) in [5.41, 5.74) is 6.80. The molecule has 0 aliphatic rings. The Hall–Kier alpha value is -2.30. The lowest BCUT2D eigenvalue weighted by molar-refractivity contribution is -0.127. The van der Waals surface area contributed by atoms with Gasteiger partial charge in [0.25, 0.3) is 0 Å². The first-order valence-electron chi connectivity index (χ1n) is 6.83. The van der Waals surface area contributed by atoms with Gasteiger partial charge in [-0.25, -0.2) is 0 Å². The highest BCUT2D eigenvalue weighted by Crippen LogP contribution is 2.06. The molecule has 1 aromatic rings. The van der Waals surface area contributed by atoms with E-state index in [4.69, 9.17) is 5.73 Å². The minimum absolute atomic E-state index is 0.211. The van der Waals surface area contributed by atoms with Crippen molar-refractivity contribution in [2.75, 3.05) is 5.73 Å². The van der Waals surface area contributed by atoms with E-state index in [0.717, 1.165) is 5.56 Å². The van der Waals surface area contributed by atoms with E-state index in [0.29, 0.717) is 5.69 Å². The van der Waals surface area contributed by atoms with Gasteiger partial charge in [-0.1, -0.05) is 12.1 Å². The number of nitrogens with two attached hydrogens (primary N) is 1. The number of carbonyl (C=O) groups is 2. The Kier molecular flexibility index (Phi) is 5.52. The van der Waals surface area contributed by atoms with Crippen LogP contribution in [0.4, 0.5) is 5.69 Å². The zero-order valence-corrected chi connectivity index (χ0v) is 12.9. The molecule has 0 saturated carbocycles. The van der Waals surface area contributed by atoms with Crippen LogP contribution in [-0.2, 0) is 9.59 Å². The number of carbonyl (C=O) groups excluding carboxylic acids is 2. The molecule has 4 N–H and O–H groups in total. The molecule has 1 rings (SSSR count). The average molecular weight is 289 g/mol. The molecule has 114 valence electrons. The molecule has 1 atom stereocenters. The van der Waals surface area contributed by atoms with Gasteiger partial charge in [-0.3, -0.25) is 9.59 Å². The fraction of sp³-hybridized carbons (Fsp3) is 0.375. The SMILES string of the molecule is CC(NC(=O)/C=C/c1ccc(N)cc1)C(=O)NC(C)(C)C. The van der Waals surface area contributed by atoms with Crippen molar-refractivity contribution < 1.29 is 9.59 Å². The summed E-state index contributed by atoms with van der Waals surface area (Å²) >= 11 is 0. The van der Waals surface area contributed by atoms with Gasteiger partial charge in [0.2, 0.25) is 11.8 Å². The average Bonchev–Trinajstić information content (AvgIpc) is 2.36. The first-order valence-corrected chi connectivity index (χ1v) is 6.83. The van der Waals surface area contributed by atoms with Crippen LogP contribution in [0.1, 0.15) is 33.3 Å². The molecule has 0 radical (unpaired) electrons. The van der Waals surface area contributed by atoms with E-state index in [1.54, 1.807) is 25.1 Å². The number of rotatable bonds is 4. The first-order chi connectivity index (χ1) is 9.67. The van der Waals surface area contributed by atoms with Gasteiger partial charge >= 0.3 is 0 Å². The Morgan fingerprint density at radius 3 is 2.29 bits per heavy atom. The summed E-state index contributed by atoms with van der Waals surface area (Å²) in [6.45, 7) is 7.32. The molecular formula is C16H23N3O2. The molecule has 1 aromatic carbocycles. The Labute approximate surface area is 125 Å². The fourth-order valence-corrected chi connectivity index (χ4v) is 1.58. The molecule has 0 fully saturated rings. The molecule has 1 unspecified atom stereocenters. The van der Waals surface area contributed by atoms with Gasteiger partial charge in [0, 0.05) is 17.3 Å². The predicted molar refractivity (Wildman–Crippen MR) is 85.4 cm³/mol. The second kappa shape index (κ2) is 6.92. The van der Waals surface area contributed by atoms with E-state index < -0.39 is 6.04 Å². The highest BCUT2D eigenvalue weighted by Gasteiger charge is 2.19. The summed E-state index contributed by atoms with van der Waals surface area (Å²) in [5.74, 6) is -0.528. The smallest absolute Gasteiger partial charge is 0.244 e. The van der Waals surface area contributed by atoms with Crippen LogP contribution in [0.15, 0.2) is 30.3 Å². The second-order valence-electron chi connectivity index (χ2n) is 5.97. The van der Waals surface area contributed by atoms with Gasteiger partial charge in [0.05, 0.1) is 0 Å². The van der Waals surface area contributed by atoms with Crippen LogP contribution >= 0.6 is 0 Å². The third-order valence-corrected chi connectivity index (χ3v) is 2.61. The maximum absolute atomic E-state index is 11.8. The van der Waals surface area contributed by atoms with E-state index in [-0.39, 0.29) is 17.4 Å². The van der Waals surface area contributed by atoms with Gasteiger partial charge in [0.1, 0.15) is 6.04 Å². The molecular weight excluding hydrogens is 266 g/mol. The van der Waals surface area contributed by atoms with Gasteiger partial charge in [0.15, 0.2) is 0 Å². The maximum atomic E-state index is 11.8. The van der Waals surface area contributed by atoms with Gasteiger partial charge in [-0.2, -0.15) is 0 Å². The van der Waals surface area contributed by atoms with E-state index in [2.05, 4.69) is 10.6 Å². The lowest BCUT2D eigenvalue weighted by atomic mass is 10.1. The monoisotopic (exact) mass is 289 g/mol. The number of nitrogen functional groups attached to an aromatic ring is 1. The highest BCUT2D eigenvalue weighted by molar-refractivity contribution is 5.95. The van der Waals surface area contributed by atoms with Crippen LogP contribution < -0.4 is 16.4 Å². The van der Waals surface area contributed by atoms with Crippen molar-refractivity contribution in [2.24, 2.45) is 0 Å². The normalized spacial score (nSPS) is 13.0. The van der Waals surface area contributed by atoms with Crippen molar-refractivity contribution in [1.29, 1.82) is 0 Å². The molecule has 0 aliphatic carbocycles. The molecule has 0 heterocycles. The molecule has 0 spiro atoms. The van der Waals surface area contributed by atoms with Crippen molar-refractivity contribution in [3.63, 3.8) is 0 Å². The molecule has 5 nitrogen and oxygen atoms in total. The van der Waals surface area contributed by atoms with E-state index >= 15 is 0 Å². The van der Waals surface area contributed by atoms with Crippen LogP contribution in [0.25, 0.3) is 6.08 Å². The zero-order valence-electron chi connectivity index (χ0n) is 12.9. The van der Waals surface area contributed by atoms with Crippen molar-refractivity contribution in [1.82, 2.24) is 10.6 Å². The van der Waals surface area contributed by atoms with Gasteiger partial charge in [-0.15, -0.1) is 0 Å². The first kappa shape index (κ1) is 16.8. The van der Waals surface area contributed by atoms with Crippen molar-refractivity contribution in [3.8, 4) is 0 Å². The van der Waals surface area contributed by atoms with Crippen molar-refractivity contribution in [2.45, 2.75) is 39.3 Å². The molecule has 0 aliphatic heterocycles. The molecule has 0 bridgehead atoms. The van der Waals surface area contributed by atoms with Gasteiger partial charge < -0.3 is 16.4 Å². The Morgan fingerprint density at radius 2 is 1.76 bits per heavy atom. The summed E-state index contributed by atoms with van der Waals surface area (Å²) in [6.07, 6.45) is 3.07. The topological polar surface area (TPSA) is 84.2 Å². The Balaban J connectivity index is 2.53. The van der Waals surface area contributed by atoms with Crippen LogP contribution in [0.3, 0.4) is 0 Å². The predicted octanol–water partition coefficient (Wildman–Crippen LogP) is 1.70. The highest BCUT2D eigenvalue weighted by atomic mass is 16.2. The van der Waals surface area contributed by atoms with E-state index in [1.807, 2.05) is 32.9 Å². The molecule has 0 aromatic heterocycles. The number of hydrogen-bond donors (Lipinski definition) is 3. The molecule has 5 heteroatoms. The molecule has 0 saturated heterocycles. The van der Waals surface area contributed by atoms with Gasteiger partial charge in [-0.05, 0) is 51.5 Å². The van der Waals surface area contributed by atoms with Crippen LogP contribution in [-0.4, -0.2) is 23.4 Å². The van der Waals surface area contributed by atoms with E-state index in [1.165, 1.54) is 6.08 Å². The molecule has 2 amide bonds. The number of anilines is 1. The van der Waals surface area contributed by atoms with Crippen molar-refractivity contribution in [3.05, 3.63) is 35.9 Å². The molecule has 21 heavy (non-hydrogen) atoms. The minimum atomic E-state index is -0.590. The van der Waals surface area contributed by atoms with Crippen LogP contribution in [0.5, 0.6) is 0 Å². The van der Waals surface area contributed by atoms with Crippen LogP contribution in [0, 0.1) is 0 Å². The minimum Gasteiger partial charge on any atom is -0.399 e. The third kappa shape index (κ3) is 6.61. The summed E-state index contributed by atoms with van der Waals surface area (Å²) in [4.78, 5) is 23.6. The lowest BCUT2D eigenvalue weighted by Crippen LogP contribution is -2.50. The Bertz CT molecular complexity index is 527. The maximum Gasteiger partial charge on any atom is 0.244 e. The van der Waals surface area contributed by atoms with E-state index in [9.17, 15) is 9.59 Å². The number of amides is 2. The quantitative estimate of drug-likeness (QED) is 0.582. The summed E-state index contributed by atoms with van der Waals surface area (Å²) in [5, 5.41) is 5.43. The summed E-state index contributed by atoms with van der Waals surface area (Å²) in [7, 11) is 0. The summed E-state index contributed by atoms with van der Waals surface area (Å²) in [6, 6.07) is 6.56. The van der Waals surface area contributed by atoms with Crippen LogP contribution in [0.2, 0.25) is 0 Å². The second-order valence-corrected chi connectivity index (χ2v) is 5.97. The fourth-order valence-electron chi connectivity index (χ4n) is 1.58. The lowest BCUT2D eigenvalue weighted by Gasteiger charge is -2.23. The number of hydrogen-bond acceptors (Lipinski definition) is 3. The standard InChI is InChI=1S/C16H23N3O2/c1-11(15(21)19-16(2,3)4)18-14(20)10-7-12-5-8-13(17)9-6-12/h5-11H,17H2,1-4H3,(H,18,20)(H,19,21)/b10-7+. The Morgan fingerprint density at radius 1 is 1.19 bits per heavy atom. The van der Waals surface area contributed by atoms with Crippen molar-refractivity contribution >= 4 is 23.6 Å². The largest absolute Gasteiger partial charge is 0.399 e.